The van der Waals surface area contributed by atoms with E-state index in [9.17, 15) is 15.0 Å². The Morgan fingerprint density at radius 1 is 1.24 bits per heavy atom. The van der Waals surface area contributed by atoms with E-state index in [1.165, 1.54) is 0 Å². The van der Waals surface area contributed by atoms with E-state index in [0.29, 0.717) is 22.0 Å². The third-order valence-corrected chi connectivity index (χ3v) is 4.95. The Bertz CT molecular complexity index is 510. The molecule has 0 aliphatic heterocycles. The van der Waals surface area contributed by atoms with Crippen molar-refractivity contribution in [2.24, 2.45) is 5.41 Å². The summed E-state index contributed by atoms with van der Waals surface area (Å²) in [5.74, 6) is -0.800. The van der Waals surface area contributed by atoms with Crippen LogP contribution < -0.4 is 0 Å². The summed E-state index contributed by atoms with van der Waals surface area (Å²) in [6.07, 6.45) is 4.66. The summed E-state index contributed by atoms with van der Waals surface area (Å²) >= 11 is 12.0. The van der Waals surface area contributed by atoms with Gasteiger partial charge in [0.1, 0.15) is 0 Å². The molecule has 1 unspecified atom stereocenters. The van der Waals surface area contributed by atoms with Crippen LogP contribution in [0, 0.1) is 5.41 Å². The van der Waals surface area contributed by atoms with E-state index in [1.807, 2.05) is 0 Å². The zero-order valence-corrected chi connectivity index (χ0v) is 13.3. The van der Waals surface area contributed by atoms with Crippen molar-refractivity contribution in [1.82, 2.24) is 0 Å². The molecule has 1 saturated carbocycles. The number of hydrogen-bond donors (Lipinski definition) is 2. The highest BCUT2D eigenvalue weighted by molar-refractivity contribution is 6.35. The Morgan fingerprint density at radius 2 is 1.90 bits per heavy atom. The van der Waals surface area contributed by atoms with Crippen LogP contribution in [0.1, 0.15) is 56.6 Å². The number of carboxylic acids is 1. The van der Waals surface area contributed by atoms with Gasteiger partial charge in [-0.05, 0) is 42.4 Å². The minimum Gasteiger partial charge on any atom is -0.481 e. The second-order valence-electron chi connectivity index (χ2n) is 6.02. The zero-order valence-electron chi connectivity index (χ0n) is 11.8. The van der Waals surface area contributed by atoms with Crippen molar-refractivity contribution in [2.45, 2.75) is 51.0 Å². The van der Waals surface area contributed by atoms with Gasteiger partial charge in [-0.1, -0.05) is 48.5 Å². The molecule has 3 nitrogen and oxygen atoms in total. The molecule has 1 aliphatic carbocycles. The molecule has 0 aromatic heterocycles. The summed E-state index contributed by atoms with van der Waals surface area (Å²) in [5.41, 5.74) is 0.295. The number of hydrogen-bond acceptors (Lipinski definition) is 2. The van der Waals surface area contributed by atoms with Gasteiger partial charge in [0.25, 0.3) is 0 Å². The van der Waals surface area contributed by atoms with E-state index in [1.54, 1.807) is 18.2 Å². The highest BCUT2D eigenvalue weighted by Crippen LogP contribution is 2.46. The second-order valence-corrected chi connectivity index (χ2v) is 6.86. The predicted octanol–water partition coefficient (Wildman–Crippen LogP) is 4.84. The van der Waals surface area contributed by atoms with Crippen molar-refractivity contribution in [1.29, 1.82) is 0 Å². The zero-order chi connectivity index (χ0) is 15.5. The maximum atomic E-state index is 11.2. The first-order valence-corrected chi connectivity index (χ1v) is 8.02. The summed E-state index contributed by atoms with van der Waals surface area (Å²) in [5, 5.41) is 20.6. The fourth-order valence-electron chi connectivity index (χ4n) is 3.37. The van der Waals surface area contributed by atoms with E-state index < -0.39 is 12.1 Å². The summed E-state index contributed by atoms with van der Waals surface area (Å²) in [6.45, 7) is 0. The average molecular weight is 331 g/mol. The van der Waals surface area contributed by atoms with Gasteiger partial charge in [-0.3, -0.25) is 4.79 Å². The van der Waals surface area contributed by atoms with Gasteiger partial charge in [0.2, 0.25) is 0 Å². The summed E-state index contributed by atoms with van der Waals surface area (Å²) < 4.78 is 0. The van der Waals surface area contributed by atoms with Crippen molar-refractivity contribution < 1.29 is 15.0 Å². The molecule has 1 atom stereocenters. The van der Waals surface area contributed by atoms with Gasteiger partial charge in [0, 0.05) is 10.0 Å². The first kappa shape index (κ1) is 16.6. The van der Waals surface area contributed by atoms with Crippen LogP contribution in [0.2, 0.25) is 10.0 Å². The third kappa shape index (κ3) is 4.35. The van der Waals surface area contributed by atoms with Crippen molar-refractivity contribution in [3.8, 4) is 0 Å². The Kier molecular flexibility index (Phi) is 5.53. The van der Waals surface area contributed by atoms with Gasteiger partial charge in [0.05, 0.1) is 12.5 Å². The normalized spacial score (nSPS) is 19.2. The van der Waals surface area contributed by atoms with Crippen molar-refractivity contribution in [2.75, 3.05) is 0 Å². The van der Waals surface area contributed by atoms with Crippen LogP contribution in [0.3, 0.4) is 0 Å². The Balaban J connectivity index is 2.17. The SMILES string of the molecule is O=C(O)CC1(CC(O)c2ccc(Cl)cc2Cl)CCCCC1. The standard InChI is InChI=1S/C16H20Cl2O3/c17-11-4-5-12(13(18)8-11)14(19)9-16(10-15(20)21)6-2-1-3-7-16/h4-5,8,14,19H,1-3,6-7,9-10H2,(H,20,21). The van der Waals surface area contributed by atoms with E-state index in [2.05, 4.69) is 0 Å². The number of carbonyl (C=O) groups is 1. The molecule has 21 heavy (non-hydrogen) atoms. The minimum absolute atomic E-state index is 0.106. The van der Waals surface area contributed by atoms with Crippen LogP contribution in [-0.2, 0) is 4.79 Å². The monoisotopic (exact) mass is 330 g/mol. The molecule has 0 amide bonds. The Hall–Kier alpha value is -0.770. The van der Waals surface area contributed by atoms with Gasteiger partial charge < -0.3 is 10.2 Å². The molecule has 0 bridgehead atoms. The first-order chi connectivity index (χ1) is 9.92. The van der Waals surface area contributed by atoms with E-state index in [4.69, 9.17) is 23.2 Å². The van der Waals surface area contributed by atoms with Gasteiger partial charge in [-0.2, -0.15) is 0 Å². The Labute approximate surface area is 134 Å². The molecule has 1 aliphatic rings. The lowest BCUT2D eigenvalue weighted by atomic mass is 9.68. The number of halogens is 2. The predicted molar refractivity (Wildman–Crippen MR) is 83.8 cm³/mol. The van der Waals surface area contributed by atoms with E-state index in [0.717, 1.165) is 32.1 Å². The molecule has 0 spiro atoms. The van der Waals surface area contributed by atoms with Gasteiger partial charge in [-0.15, -0.1) is 0 Å². The molecule has 1 aromatic carbocycles. The number of carboxylic acid groups (broad SMARTS) is 1. The summed E-state index contributed by atoms with van der Waals surface area (Å²) in [6, 6.07) is 5.01. The molecular formula is C16H20Cl2O3. The smallest absolute Gasteiger partial charge is 0.303 e. The molecule has 1 aromatic rings. The molecule has 0 saturated heterocycles. The highest BCUT2D eigenvalue weighted by Gasteiger charge is 2.36. The molecule has 5 heteroatoms. The quantitative estimate of drug-likeness (QED) is 0.811. The second kappa shape index (κ2) is 6.99. The number of rotatable bonds is 5. The van der Waals surface area contributed by atoms with Crippen LogP contribution in [0.5, 0.6) is 0 Å². The number of aliphatic hydroxyl groups is 1. The average Bonchev–Trinajstić information content (AvgIpc) is 2.38. The summed E-state index contributed by atoms with van der Waals surface area (Å²) in [7, 11) is 0. The molecular weight excluding hydrogens is 311 g/mol. The van der Waals surface area contributed by atoms with Crippen LogP contribution in [0.4, 0.5) is 0 Å². The van der Waals surface area contributed by atoms with Crippen LogP contribution in [-0.4, -0.2) is 16.2 Å². The molecule has 116 valence electrons. The largest absolute Gasteiger partial charge is 0.481 e. The summed E-state index contributed by atoms with van der Waals surface area (Å²) in [4.78, 5) is 11.2. The van der Waals surface area contributed by atoms with Crippen LogP contribution in [0.15, 0.2) is 18.2 Å². The Morgan fingerprint density at radius 3 is 2.48 bits per heavy atom. The van der Waals surface area contributed by atoms with Gasteiger partial charge >= 0.3 is 5.97 Å². The van der Waals surface area contributed by atoms with Crippen molar-refractivity contribution in [3.63, 3.8) is 0 Å². The van der Waals surface area contributed by atoms with Crippen LogP contribution in [0.25, 0.3) is 0 Å². The lowest BCUT2D eigenvalue weighted by molar-refractivity contribution is -0.141. The molecule has 0 radical (unpaired) electrons. The molecule has 2 N–H and O–H groups in total. The molecule has 0 heterocycles. The van der Waals surface area contributed by atoms with Gasteiger partial charge in [-0.25, -0.2) is 0 Å². The highest BCUT2D eigenvalue weighted by atomic mass is 35.5. The molecule has 1 fully saturated rings. The fraction of sp³-hybridized carbons (Fsp3) is 0.562. The van der Waals surface area contributed by atoms with E-state index in [-0.39, 0.29) is 11.8 Å². The maximum absolute atomic E-state index is 11.2. The first-order valence-electron chi connectivity index (χ1n) is 7.27. The number of benzene rings is 1. The lowest BCUT2D eigenvalue weighted by Gasteiger charge is -2.38. The number of aliphatic carboxylic acids is 1. The van der Waals surface area contributed by atoms with Crippen LogP contribution >= 0.6 is 23.2 Å². The minimum atomic E-state index is -0.800. The third-order valence-electron chi connectivity index (χ3n) is 4.39. The number of aliphatic hydroxyl groups excluding tert-OH is 1. The van der Waals surface area contributed by atoms with Crippen molar-refractivity contribution in [3.05, 3.63) is 33.8 Å². The maximum Gasteiger partial charge on any atom is 0.303 e. The fourth-order valence-corrected chi connectivity index (χ4v) is 3.90. The lowest BCUT2D eigenvalue weighted by Crippen LogP contribution is -2.29. The topological polar surface area (TPSA) is 57.5 Å². The molecule has 2 rings (SSSR count). The van der Waals surface area contributed by atoms with E-state index >= 15 is 0 Å². The van der Waals surface area contributed by atoms with Crippen molar-refractivity contribution >= 4 is 29.2 Å². The van der Waals surface area contributed by atoms with Gasteiger partial charge in [0.15, 0.2) is 0 Å².